The summed E-state index contributed by atoms with van der Waals surface area (Å²) in [6, 6.07) is 7.48. The first-order valence-electron chi connectivity index (χ1n) is 7.54. The van der Waals surface area contributed by atoms with Gasteiger partial charge in [-0.2, -0.15) is 0 Å². The van der Waals surface area contributed by atoms with Crippen molar-refractivity contribution < 1.29 is 9.53 Å². The Bertz CT molecular complexity index is 354. The van der Waals surface area contributed by atoms with E-state index in [1.165, 1.54) is 32.1 Å². The zero-order chi connectivity index (χ0) is 13.9. The standard InChI is InChI=1S/C17H26O2/c1-3-5-6-7-8-9-10-17(18)15-11-13-16(14-12-15)19-4-2/h11-14H,3-10H2,1-2H3. The summed E-state index contributed by atoms with van der Waals surface area (Å²) in [7, 11) is 0. The molecule has 0 bridgehead atoms. The maximum absolute atomic E-state index is 12.0. The van der Waals surface area contributed by atoms with Gasteiger partial charge in [-0.25, -0.2) is 0 Å². The fourth-order valence-electron chi connectivity index (χ4n) is 2.11. The van der Waals surface area contributed by atoms with E-state index in [1.54, 1.807) is 0 Å². The molecule has 0 spiro atoms. The van der Waals surface area contributed by atoms with E-state index in [2.05, 4.69) is 6.92 Å². The molecule has 0 aromatic heterocycles. The molecule has 0 aliphatic heterocycles. The number of hydrogen-bond donors (Lipinski definition) is 0. The van der Waals surface area contributed by atoms with Gasteiger partial charge in [-0.05, 0) is 37.6 Å². The van der Waals surface area contributed by atoms with E-state index < -0.39 is 0 Å². The van der Waals surface area contributed by atoms with Gasteiger partial charge in [0.05, 0.1) is 6.61 Å². The summed E-state index contributed by atoms with van der Waals surface area (Å²) in [5.41, 5.74) is 0.803. The van der Waals surface area contributed by atoms with Gasteiger partial charge >= 0.3 is 0 Å². The highest BCUT2D eigenvalue weighted by molar-refractivity contribution is 5.96. The first kappa shape index (κ1) is 15.7. The Morgan fingerprint density at radius 2 is 1.58 bits per heavy atom. The molecule has 0 fully saturated rings. The van der Waals surface area contributed by atoms with Crippen molar-refractivity contribution in [2.45, 2.75) is 58.8 Å². The highest BCUT2D eigenvalue weighted by Gasteiger charge is 2.05. The van der Waals surface area contributed by atoms with E-state index in [1.807, 2.05) is 31.2 Å². The molecule has 2 nitrogen and oxygen atoms in total. The summed E-state index contributed by atoms with van der Waals surface area (Å²) >= 11 is 0. The van der Waals surface area contributed by atoms with E-state index in [0.29, 0.717) is 13.0 Å². The maximum atomic E-state index is 12.0. The smallest absolute Gasteiger partial charge is 0.162 e. The van der Waals surface area contributed by atoms with Gasteiger partial charge in [0.1, 0.15) is 5.75 Å². The first-order valence-corrected chi connectivity index (χ1v) is 7.54. The third kappa shape index (κ3) is 6.42. The van der Waals surface area contributed by atoms with Crippen LogP contribution in [-0.4, -0.2) is 12.4 Å². The maximum Gasteiger partial charge on any atom is 0.162 e. The van der Waals surface area contributed by atoms with Crippen LogP contribution in [0.15, 0.2) is 24.3 Å². The molecule has 0 unspecified atom stereocenters. The molecule has 106 valence electrons. The summed E-state index contributed by atoms with van der Waals surface area (Å²) in [5, 5.41) is 0. The van der Waals surface area contributed by atoms with Crippen LogP contribution in [0.2, 0.25) is 0 Å². The molecule has 0 aliphatic carbocycles. The number of Topliss-reactive ketones (excluding diaryl/α,β-unsaturated/α-hetero) is 1. The third-order valence-electron chi connectivity index (χ3n) is 3.24. The number of ketones is 1. The fraction of sp³-hybridized carbons (Fsp3) is 0.588. The molecular weight excluding hydrogens is 236 g/mol. The second-order valence-electron chi connectivity index (χ2n) is 4.90. The van der Waals surface area contributed by atoms with E-state index >= 15 is 0 Å². The van der Waals surface area contributed by atoms with Crippen molar-refractivity contribution in [3.63, 3.8) is 0 Å². The van der Waals surface area contributed by atoms with Gasteiger partial charge in [-0.1, -0.05) is 39.0 Å². The average molecular weight is 262 g/mol. The minimum absolute atomic E-state index is 0.249. The Morgan fingerprint density at radius 1 is 0.947 bits per heavy atom. The Morgan fingerprint density at radius 3 is 2.21 bits per heavy atom. The van der Waals surface area contributed by atoms with Crippen LogP contribution in [-0.2, 0) is 0 Å². The molecular formula is C17H26O2. The lowest BCUT2D eigenvalue weighted by atomic mass is 10.0. The quantitative estimate of drug-likeness (QED) is 0.437. The molecule has 0 atom stereocenters. The van der Waals surface area contributed by atoms with Crippen LogP contribution in [0.1, 0.15) is 69.2 Å². The van der Waals surface area contributed by atoms with E-state index in [0.717, 1.165) is 17.7 Å². The molecule has 0 saturated heterocycles. The fourth-order valence-corrected chi connectivity index (χ4v) is 2.11. The van der Waals surface area contributed by atoms with Gasteiger partial charge < -0.3 is 4.74 Å². The van der Waals surface area contributed by atoms with Gasteiger partial charge in [0.2, 0.25) is 0 Å². The molecule has 0 radical (unpaired) electrons. The third-order valence-corrected chi connectivity index (χ3v) is 3.24. The zero-order valence-corrected chi connectivity index (χ0v) is 12.3. The lowest BCUT2D eigenvalue weighted by Crippen LogP contribution is -1.99. The van der Waals surface area contributed by atoms with E-state index in [9.17, 15) is 4.79 Å². The van der Waals surface area contributed by atoms with Gasteiger partial charge in [0, 0.05) is 12.0 Å². The van der Waals surface area contributed by atoms with Gasteiger partial charge in [-0.15, -0.1) is 0 Å². The minimum Gasteiger partial charge on any atom is -0.494 e. The predicted molar refractivity (Wildman–Crippen MR) is 79.9 cm³/mol. The second kappa shape index (κ2) is 9.60. The van der Waals surface area contributed by atoms with Crippen molar-refractivity contribution in [2.24, 2.45) is 0 Å². The van der Waals surface area contributed by atoms with Crippen LogP contribution < -0.4 is 4.74 Å². The Hall–Kier alpha value is -1.31. The first-order chi connectivity index (χ1) is 9.27. The molecule has 0 aliphatic rings. The SMILES string of the molecule is CCCCCCCCC(=O)c1ccc(OCC)cc1. The van der Waals surface area contributed by atoms with E-state index in [-0.39, 0.29) is 5.78 Å². The lowest BCUT2D eigenvalue weighted by Gasteiger charge is -2.04. The highest BCUT2D eigenvalue weighted by Crippen LogP contribution is 2.15. The normalized spacial score (nSPS) is 10.4. The minimum atomic E-state index is 0.249. The van der Waals surface area contributed by atoms with Crippen LogP contribution in [0, 0.1) is 0 Å². The van der Waals surface area contributed by atoms with Crippen LogP contribution in [0.3, 0.4) is 0 Å². The summed E-state index contributed by atoms with van der Waals surface area (Å²) in [6.07, 6.45) is 7.98. The second-order valence-corrected chi connectivity index (χ2v) is 4.90. The number of carbonyl (C=O) groups excluding carboxylic acids is 1. The molecule has 19 heavy (non-hydrogen) atoms. The van der Waals surface area contributed by atoms with Gasteiger partial charge in [0.25, 0.3) is 0 Å². The van der Waals surface area contributed by atoms with Crippen molar-refractivity contribution >= 4 is 5.78 Å². The highest BCUT2D eigenvalue weighted by atomic mass is 16.5. The Kier molecular flexibility index (Phi) is 7.95. The largest absolute Gasteiger partial charge is 0.494 e. The lowest BCUT2D eigenvalue weighted by molar-refractivity contribution is 0.0979. The number of benzene rings is 1. The van der Waals surface area contributed by atoms with Gasteiger partial charge in [0.15, 0.2) is 5.78 Å². The molecule has 0 amide bonds. The molecule has 2 heteroatoms. The molecule has 0 N–H and O–H groups in total. The molecule has 1 aromatic carbocycles. The predicted octanol–water partition coefficient (Wildman–Crippen LogP) is 5.02. The van der Waals surface area contributed by atoms with Crippen molar-refractivity contribution in [2.75, 3.05) is 6.61 Å². The van der Waals surface area contributed by atoms with Crippen molar-refractivity contribution in [3.05, 3.63) is 29.8 Å². The average Bonchev–Trinajstić information content (AvgIpc) is 2.43. The number of unbranched alkanes of at least 4 members (excludes halogenated alkanes) is 5. The number of ether oxygens (including phenoxy) is 1. The molecule has 1 rings (SSSR count). The van der Waals surface area contributed by atoms with Gasteiger partial charge in [-0.3, -0.25) is 4.79 Å². The zero-order valence-electron chi connectivity index (χ0n) is 12.3. The summed E-state index contributed by atoms with van der Waals surface area (Å²) in [4.78, 5) is 12.0. The number of carbonyl (C=O) groups is 1. The topological polar surface area (TPSA) is 26.3 Å². The van der Waals surface area contributed by atoms with Crippen LogP contribution >= 0.6 is 0 Å². The number of hydrogen-bond acceptors (Lipinski definition) is 2. The summed E-state index contributed by atoms with van der Waals surface area (Å²) in [5.74, 6) is 1.08. The number of rotatable bonds is 10. The van der Waals surface area contributed by atoms with Crippen LogP contribution in [0.5, 0.6) is 5.75 Å². The summed E-state index contributed by atoms with van der Waals surface area (Å²) in [6.45, 7) is 4.83. The van der Waals surface area contributed by atoms with Crippen LogP contribution in [0.25, 0.3) is 0 Å². The Labute approximate surface area is 117 Å². The molecule has 0 saturated carbocycles. The summed E-state index contributed by atoms with van der Waals surface area (Å²) < 4.78 is 5.37. The molecule has 0 heterocycles. The van der Waals surface area contributed by atoms with Crippen molar-refractivity contribution in [1.82, 2.24) is 0 Å². The van der Waals surface area contributed by atoms with Crippen LogP contribution in [0.4, 0.5) is 0 Å². The van der Waals surface area contributed by atoms with Crippen molar-refractivity contribution in [1.29, 1.82) is 0 Å². The monoisotopic (exact) mass is 262 g/mol. The van der Waals surface area contributed by atoms with Crippen molar-refractivity contribution in [3.8, 4) is 5.75 Å². The Balaban J connectivity index is 2.25. The molecule has 1 aromatic rings. The van der Waals surface area contributed by atoms with E-state index in [4.69, 9.17) is 4.74 Å².